The first-order valence-corrected chi connectivity index (χ1v) is 8.13. The van der Waals surface area contributed by atoms with E-state index in [0.717, 1.165) is 5.56 Å². The molecule has 7 heteroatoms. The molecule has 2 heterocycles. The van der Waals surface area contributed by atoms with Gasteiger partial charge < -0.3 is 14.8 Å². The fraction of sp³-hybridized carbons (Fsp3) is 0.158. The van der Waals surface area contributed by atoms with Gasteiger partial charge >= 0.3 is 6.03 Å². The van der Waals surface area contributed by atoms with Gasteiger partial charge in [-0.1, -0.05) is 18.2 Å². The molecule has 3 aromatic rings. The SMILES string of the molecule is CN(Cc1cnccn1)C(=O)Nc1ccc(Cn2ccccc2=O)cc1. The molecule has 2 amide bonds. The van der Waals surface area contributed by atoms with E-state index in [0.29, 0.717) is 24.5 Å². The van der Waals surface area contributed by atoms with E-state index >= 15 is 0 Å². The average molecular weight is 349 g/mol. The van der Waals surface area contributed by atoms with Crippen LogP contribution in [0.2, 0.25) is 0 Å². The number of nitrogens with one attached hydrogen (secondary N) is 1. The highest BCUT2D eigenvalue weighted by molar-refractivity contribution is 5.89. The minimum Gasteiger partial charge on any atom is -0.322 e. The van der Waals surface area contributed by atoms with E-state index in [1.165, 1.54) is 11.0 Å². The molecule has 0 aliphatic rings. The van der Waals surface area contributed by atoms with Crippen molar-refractivity contribution in [2.24, 2.45) is 0 Å². The Kier molecular flexibility index (Phi) is 5.38. The third kappa shape index (κ3) is 4.54. The van der Waals surface area contributed by atoms with Gasteiger partial charge in [0.15, 0.2) is 0 Å². The lowest BCUT2D eigenvalue weighted by atomic mass is 10.2. The van der Waals surface area contributed by atoms with Crippen LogP contribution in [-0.2, 0) is 13.1 Å². The van der Waals surface area contributed by atoms with Gasteiger partial charge in [-0.15, -0.1) is 0 Å². The topological polar surface area (TPSA) is 80.1 Å². The average Bonchev–Trinajstić information content (AvgIpc) is 2.66. The predicted molar refractivity (Wildman–Crippen MR) is 98.8 cm³/mol. The van der Waals surface area contributed by atoms with E-state index in [1.807, 2.05) is 30.3 Å². The number of pyridine rings is 1. The summed E-state index contributed by atoms with van der Waals surface area (Å²) >= 11 is 0. The van der Waals surface area contributed by atoms with Crippen molar-refractivity contribution in [1.29, 1.82) is 0 Å². The lowest BCUT2D eigenvalue weighted by molar-refractivity contribution is 0.220. The number of aromatic nitrogens is 3. The summed E-state index contributed by atoms with van der Waals surface area (Å²) in [5.41, 5.74) is 2.33. The third-order valence-corrected chi connectivity index (χ3v) is 3.82. The molecule has 7 nitrogen and oxygen atoms in total. The molecule has 0 aliphatic heterocycles. The van der Waals surface area contributed by atoms with Gasteiger partial charge in [0, 0.05) is 37.4 Å². The number of hydrogen-bond donors (Lipinski definition) is 1. The van der Waals surface area contributed by atoms with Crippen LogP contribution in [0.1, 0.15) is 11.3 Å². The molecule has 0 unspecified atom stereocenters. The van der Waals surface area contributed by atoms with Crippen molar-refractivity contribution in [2.75, 3.05) is 12.4 Å². The maximum Gasteiger partial charge on any atom is 0.321 e. The number of anilines is 1. The summed E-state index contributed by atoms with van der Waals surface area (Å²) in [6, 6.07) is 12.2. The van der Waals surface area contributed by atoms with Gasteiger partial charge in [0.25, 0.3) is 5.56 Å². The summed E-state index contributed by atoms with van der Waals surface area (Å²) in [4.78, 5) is 33.7. The van der Waals surface area contributed by atoms with Gasteiger partial charge in [0.2, 0.25) is 0 Å². The van der Waals surface area contributed by atoms with Crippen molar-refractivity contribution in [3.8, 4) is 0 Å². The van der Waals surface area contributed by atoms with Crippen molar-refractivity contribution in [1.82, 2.24) is 19.4 Å². The van der Waals surface area contributed by atoms with Gasteiger partial charge in [0.05, 0.1) is 25.0 Å². The minimum atomic E-state index is -0.234. The molecule has 0 aliphatic carbocycles. The minimum absolute atomic E-state index is 0.0458. The van der Waals surface area contributed by atoms with Crippen molar-refractivity contribution in [3.63, 3.8) is 0 Å². The largest absolute Gasteiger partial charge is 0.322 e. The Morgan fingerprint density at radius 3 is 2.65 bits per heavy atom. The molecule has 0 fully saturated rings. The maximum absolute atomic E-state index is 12.3. The van der Waals surface area contributed by atoms with Crippen LogP contribution >= 0.6 is 0 Å². The normalized spacial score (nSPS) is 10.3. The Bertz CT molecular complexity index is 922. The third-order valence-electron chi connectivity index (χ3n) is 3.82. The number of urea groups is 1. The van der Waals surface area contributed by atoms with Crippen LogP contribution < -0.4 is 10.9 Å². The molecule has 132 valence electrons. The molecular weight excluding hydrogens is 330 g/mol. The predicted octanol–water partition coefficient (Wildman–Crippen LogP) is 2.35. The summed E-state index contributed by atoms with van der Waals surface area (Å²) in [7, 11) is 1.69. The fourth-order valence-corrected chi connectivity index (χ4v) is 2.43. The Morgan fingerprint density at radius 2 is 1.96 bits per heavy atom. The van der Waals surface area contributed by atoms with Gasteiger partial charge in [-0.2, -0.15) is 0 Å². The number of carbonyl (C=O) groups is 1. The summed E-state index contributed by atoms with van der Waals surface area (Å²) in [5, 5.41) is 2.83. The molecule has 3 rings (SSSR count). The standard InChI is InChI=1S/C19H19N5O2/c1-23(14-17-12-20-9-10-21-17)19(26)22-16-7-5-15(6-8-16)13-24-11-3-2-4-18(24)25/h2-12H,13-14H2,1H3,(H,22,26). The summed E-state index contributed by atoms with van der Waals surface area (Å²) < 4.78 is 1.63. The second-order valence-electron chi connectivity index (χ2n) is 5.85. The Hall–Kier alpha value is -3.48. The Morgan fingerprint density at radius 1 is 1.15 bits per heavy atom. The number of nitrogens with zero attached hydrogens (tertiary/aromatic N) is 4. The first-order chi connectivity index (χ1) is 12.6. The van der Waals surface area contributed by atoms with Crippen LogP contribution in [0, 0.1) is 0 Å². The second-order valence-corrected chi connectivity index (χ2v) is 5.85. The molecule has 1 aromatic carbocycles. The van der Waals surface area contributed by atoms with Crippen LogP contribution in [0.25, 0.3) is 0 Å². The van der Waals surface area contributed by atoms with Crippen LogP contribution in [-0.4, -0.2) is 32.5 Å². The lowest BCUT2D eigenvalue weighted by Crippen LogP contribution is -2.31. The van der Waals surface area contributed by atoms with E-state index in [-0.39, 0.29) is 11.6 Å². The van der Waals surface area contributed by atoms with Crippen LogP contribution in [0.3, 0.4) is 0 Å². The highest BCUT2D eigenvalue weighted by Crippen LogP contribution is 2.11. The number of rotatable bonds is 5. The van der Waals surface area contributed by atoms with E-state index in [9.17, 15) is 9.59 Å². The van der Waals surface area contributed by atoms with E-state index in [2.05, 4.69) is 15.3 Å². The molecule has 1 N–H and O–H groups in total. The number of carbonyl (C=O) groups excluding carboxylic acids is 1. The quantitative estimate of drug-likeness (QED) is 0.767. The number of hydrogen-bond acceptors (Lipinski definition) is 4. The highest BCUT2D eigenvalue weighted by atomic mass is 16.2. The maximum atomic E-state index is 12.3. The molecule has 0 spiro atoms. The molecule has 0 radical (unpaired) electrons. The van der Waals surface area contributed by atoms with Crippen molar-refractivity contribution in [3.05, 3.63) is 88.9 Å². The fourth-order valence-electron chi connectivity index (χ4n) is 2.43. The highest BCUT2D eigenvalue weighted by Gasteiger charge is 2.10. The van der Waals surface area contributed by atoms with Gasteiger partial charge in [-0.25, -0.2) is 4.79 Å². The first kappa shape index (κ1) is 17.3. The van der Waals surface area contributed by atoms with Crippen LogP contribution in [0.15, 0.2) is 72.0 Å². The Balaban J connectivity index is 1.59. The molecule has 0 saturated carbocycles. The molecule has 0 atom stereocenters. The summed E-state index contributed by atoms with van der Waals surface area (Å²) in [6.07, 6.45) is 6.57. The lowest BCUT2D eigenvalue weighted by Gasteiger charge is -2.17. The van der Waals surface area contributed by atoms with Crippen molar-refractivity contribution in [2.45, 2.75) is 13.1 Å². The summed E-state index contributed by atoms with van der Waals surface area (Å²) in [5.74, 6) is 0. The second kappa shape index (κ2) is 8.06. The van der Waals surface area contributed by atoms with Crippen molar-refractivity contribution < 1.29 is 4.79 Å². The molecule has 0 bridgehead atoms. The monoisotopic (exact) mass is 349 g/mol. The first-order valence-electron chi connectivity index (χ1n) is 8.13. The summed E-state index contributed by atoms with van der Waals surface area (Å²) in [6.45, 7) is 0.856. The van der Waals surface area contributed by atoms with E-state index < -0.39 is 0 Å². The number of benzene rings is 1. The molecule has 26 heavy (non-hydrogen) atoms. The number of amides is 2. The zero-order valence-corrected chi connectivity index (χ0v) is 14.4. The van der Waals surface area contributed by atoms with Crippen LogP contribution in [0.5, 0.6) is 0 Å². The molecule has 2 aromatic heterocycles. The van der Waals surface area contributed by atoms with Gasteiger partial charge in [0.1, 0.15) is 0 Å². The van der Waals surface area contributed by atoms with Crippen LogP contribution in [0.4, 0.5) is 10.5 Å². The van der Waals surface area contributed by atoms with Gasteiger partial charge in [-0.05, 0) is 23.8 Å². The molecular formula is C19H19N5O2. The Labute approximate surface area is 151 Å². The van der Waals surface area contributed by atoms with E-state index in [4.69, 9.17) is 0 Å². The zero-order valence-electron chi connectivity index (χ0n) is 14.4. The van der Waals surface area contributed by atoms with Crippen molar-refractivity contribution >= 4 is 11.7 Å². The smallest absolute Gasteiger partial charge is 0.321 e. The zero-order chi connectivity index (χ0) is 18.4. The van der Waals surface area contributed by atoms with E-state index in [1.54, 1.807) is 42.5 Å². The molecule has 0 saturated heterocycles. The van der Waals surface area contributed by atoms with Gasteiger partial charge in [-0.3, -0.25) is 14.8 Å².